The van der Waals surface area contributed by atoms with E-state index in [1.54, 1.807) is 0 Å². The van der Waals surface area contributed by atoms with Crippen LogP contribution in [0.1, 0.15) is 24.5 Å². The van der Waals surface area contributed by atoms with E-state index in [9.17, 15) is 0 Å². The monoisotopic (exact) mass is 308 g/mol. The highest BCUT2D eigenvalue weighted by Crippen LogP contribution is 2.31. The summed E-state index contributed by atoms with van der Waals surface area (Å²) in [5, 5.41) is 3.37. The molecule has 1 unspecified atom stereocenters. The van der Waals surface area contributed by atoms with Gasteiger partial charge in [-0.15, -0.1) is 0 Å². The van der Waals surface area contributed by atoms with Crippen molar-refractivity contribution in [1.29, 1.82) is 0 Å². The van der Waals surface area contributed by atoms with Gasteiger partial charge < -0.3 is 10.1 Å². The number of nitrogens with one attached hydrogen (secondary N) is 1. The molecule has 2 heterocycles. The van der Waals surface area contributed by atoms with Gasteiger partial charge in [-0.1, -0.05) is 34.1 Å². The molecule has 1 atom stereocenters. The molecule has 0 saturated carbocycles. The average molecular weight is 309 g/mol. The summed E-state index contributed by atoms with van der Waals surface area (Å²) < 4.78 is 7.17. The van der Waals surface area contributed by atoms with E-state index in [4.69, 9.17) is 4.74 Å². The maximum Gasteiger partial charge on any atom is 0.187 e. The Kier molecular flexibility index (Phi) is 3.66. The van der Waals surface area contributed by atoms with Crippen LogP contribution in [-0.2, 0) is 4.74 Å². The van der Waals surface area contributed by atoms with E-state index in [-0.39, 0.29) is 6.10 Å². The van der Waals surface area contributed by atoms with Crippen LogP contribution in [0.25, 0.3) is 0 Å². The van der Waals surface area contributed by atoms with Gasteiger partial charge in [-0.05, 0) is 32.0 Å². The molecule has 2 aliphatic rings. The molecule has 1 aromatic carbocycles. The van der Waals surface area contributed by atoms with Gasteiger partial charge in [-0.25, -0.2) is 0 Å². The van der Waals surface area contributed by atoms with Crippen molar-refractivity contribution in [3.8, 4) is 0 Å². The number of halogens is 1. The Bertz CT molecular complexity index is 455. The lowest BCUT2D eigenvalue weighted by Crippen LogP contribution is -2.32. The third kappa shape index (κ3) is 2.45. The molecule has 0 spiro atoms. The van der Waals surface area contributed by atoms with Gasteiger partial charge in [0.1, 0.15) is 6.10 Å². The van der Waals surface area contributed by atoms with Crippen LogP contribution in [-0.4, -0.2) is 25.5 Å². The Balaban J connectivity index is 1.68. The lowest BCUT2D eigenvalue weighted by Gasteiger charge is -2.23. The maximum atomic E-state index is 6.06. The zero-order valence-corrected chi connectivity index (χ0v) is 11.8. The summed E-state index contributed by atoms with van der Waals surface area (Å²) >= 11 is 3.58. The maximum absolute atomic E-state index is 6.06. The second kappa shape index (κ2) is 5.41. The normalized spacial score (nSPS) is 24.7. The number of aliphatic imine (C=N–C) groups is 1. The van der Waals surface area contributed by atoms with Crippen molar-refractivity contribution < 1.29 is 4.74 Å². The van der Waals surface area contributed by atoms with E-state index >= 15 is 0 Å². The summed E-state index contributed by atoms with van der Waals surface area (Å²) in [6.45, 7) is 2.90. The number of hydrogen-bond acceptors (Lipinski definition) is 3. The van der Waals surface area contributed by atoms with E-state index in [1.165, 1.54) is 5.56 Å². The summed E-state index contributed by atoms with van der Waals surface area (Å²) in [5.41, 5.74) is 1.20. The molecular weight excluding hydrogens is 292 g/mol. The molecule has 1 saturated heterocycles. The zero-order valence-electron chi connectivity index (χ0n) is 10.2. The lowest BCUT2D eigenvalue weighted by atomic mass is 9.98. The molecule has 0 bridgehead atoms. The van der Waals surface area contributed by atoms with Crippen LogP contribution >= 0.6 is 15.9 Å². The number of benzene rings is 1. The topological polar surface area (TPSA) is 33.6 Å². The van der Waals surface area contributed by atoms with Crippen LogP contribution < -0.4 is 5.32 Å². The summed E-state index contributed by atoms with van der Waals surface area (Å²) in [6.07, 6.45) is 2.37. The third-order valence-electron chi connectivity index (χ3n) is 3.62. The molecule has 0 radical (unpaired) electrons. The Morgan fingerprint density at radius 3 is 2.78 bits per heavy atom. The van der Waals surface area contributed by atoms with Crippen molar-refractivity contribution in [2.75, 3.05) is 19.6 Å². The number of ether oxygens (including phenoxy) is 1. The minimum Gasteiger partial charge on any atom is -0.471 e. The van der Waals surface area contributed by atoms with E-state index in [1.807, 2.05) is 12.1 Å². The second-order valence-electron chi connectivity index (χ2n) is 4.83. The Labute approximate surface area is 116 Å². The number of rotatable bonds is 2. The first-order valence-electron chi connectivity index (χ1n) is 6.51. The molecule has 1 N–H and O–H groups in total. The molecule has 3 nitrogen and oxygen atoms in total. The number of hydrogen-bond donors (Lipinski definition) is 1. The van der Waals surface area contributed by atoms with Crippen LogP contribution in [0.3, 0.4) is 0 Å². The molecule has 0 aliphatic carbocycles. The van der Waals surface area contributed by atoms with Crippen molar-refractivity contribution in [2.24, 2.45) is 10.9 Å². The summed E-state index contributed by atoms with van der Waals surface area (Å²) in [6, 6.07) is 8.24. The van der Waals surface area contributed by atoms with Gasteiger partial charge in [0.05, 0.1) is 6.54 Å². The zero-order chi connectivity index (χ0) is 12.4. The molecule has 18 heavy (non-hydrogen) atoms. The molecule has 2 aliphatic heterocycles. The smallest absolute Gasteiger partial charge is 0.187 e. The van der Waals surface area contributed by atoms with Crippen molar-refractivity contribution in [3.63, 3.8) is 0 Å². The highest BCUT2D eigenvalue weighted by Gasteiger charge is 2.29. The van der Waals surface area contributed by atoms with Gasteiger partial charge in [0.15, 0.2) is 5.90 Å². The van der Waals surface area contributed by atoms with E-state index in [0.717, 1.165) is 42.8 Å². The van der Waals surface area contributed by atoms with Crippen LogP contribution in [0.4, 0.5) is 0 Å². The van der Waals surface area contributed by atoms with Crippen molar-refractivity contribution >= 4 is 21.8 Å². The molecule has 0 aromatic heterocycles. The van der Waals surface area contributed by atoms with E-state index in [2.05, 4.69) is 38.4 Å². The Morgan fingerprint density at radius 2 is 2.00 bits per heavy atom. The molecular formula is C14H17BrN2O. The third-order valence-corrected chi connectivity index (χ3v) is 4.34. The Morgan fingerprint density at radius 1 is 1.22 bits per heavy atom. The van der Waals surface area contributed by atoms with Gasteiger partial charge in [-0.2, -0.15) is 0 Å². The fourth-order valence-corrected chi connectivity index (χ4v) is 3.13. The van der Waals surface area contributed by atoms with Crippen LogP contribution in [0.2, 0.25) is 0 Å². The van der Waals surface area contributed by atoms with Crippen LogP contribution in [0.5, 0.6) is 0 Å². The fraction of sp³-hybridized carbons (Fsp3) is 0.500. The standard InChI is InChI=1S/C14H17BrN2O/c15-12-4-2-1-3-11(12)13-9-17-14(18-13)10-5-7-16-8-6-10/h1-4,10,13,16H,5-9H2. The van der Waals surface area contributed by atoms with Crippen LogP contribution in [0.15, 0.2) is 33.7 Å². The Hall–Kier alpha value is -0.870. The highest BCUT2D eigenvalue weighted by molar-refractivity contribution is 9.10. The molecule has 4 heteroatoms. The molecule has 1 aromatic rings. The first kappa shape index (κ1) is 12.2. The van der Waals surface area contributed by atoms with Crippen molar-refractivity contribution in [3.05, 3.63) is 34.3 Å². The molecule has 0 amide bonds. The minimum absolute atomic E-state index is 0.0884. The van der Waals surface area contributed by atoms with E-state index < -0.39 is 0 Å². The van der Waals surface area contributed by atoms with Gasteiger partial charge in [0.2, 0.25) is 0 Å². The van der Waals surface area contributed by atoms with Crippen molar-refractivity contribution in [2.45, 2.75) is 18.9 Å². The van der Waals surface area contributed by atoms with E-state index in [0.29, 0.717) is 5.92 Å². The van der Waals surface area contributed by atoms with Gasteiger partial charge in [0.25, 0.3) is 0 Å². The molecule has 1 fully saturated rings. The quantitative estimate of drug-likeness (QED) is 0.911. The summed E-state index contributed by atoms with van der Waals surface area (Å²) in [4.78, 5) is 4.60. The fourth-order valence-electron chi connectivity index (χ4n) is 2.59. The summed E-state index contributed by atoms with van der Waals surface area (Å²) in [7, 11) is 0. The average Bonchev–Trinajstić information content (AvgIpc) is 2.90. The van der Waals surface area contributed by atoms with Gasteiger partial charge >= 0.3 is 0 Å². The highest BCUT2D eigenvalue weighted by atomic mass is 79.9. The number of piperidine rings is 1. The molecule has 3 rings (SSSR count). The van der Waals surface area contributed by atoms with Gasteiger partial charge in [0, 0.05) is 16.0 Å². The largest absolute Gasteiger partial charge is 0.471 e. The summed E-state index contributed by atoms with van der Waals surface area (Å²) in [5.74, 6) is 1.48. The SMILES string of the molecule is Brc1ccccc1C1CN=C(C2CCNCC2)O1. The first-order valence-corrected chi connectivity index (χ1v) is 7.30. The lowest BCUT2D eigenvalue weighted by molar-refractivity contribution is 0.207. The minimum atomic E-state index is 0.0884. The van der Waals surface area contributed by atoms with Crippen LogP contribution in [0, 0.1) is 5.92 Å². The van der Waals surface area contributed by atoms with Crippen molar-refractivity contribution in [1.82, 2.24) is 5.32 Å². The second-order valence-corrected chi connectivity index (χ2v) is 5.69. The first-order chi connectivity index (χ1) is 8.84. The van der Waals surface area contributed by atoms with Gasteiger partial charge in [-0.3, -0.25) is 4.99 Å². The predicted molar refractivity (Wildman–Crippen MR) is 75.9 cm³/mol. The number of nitrogens with zero attached hydrogens (tertiary/aromatic N) is 1. The predicted octanol–water partition coefficient (Wildman–Crippen LogP) is 2.92. The molecule has 96 valence electrons.